The molecule has 0 spiro atoms. The Hall–Kier alpha value is -2.77. The van der Waals surface area contributed by atoms with Crippen LogP contribution in [-0.2, 0) is 0 Å². The van der Waals surface area contributed by atoms with Gasteiger partial charge in [0.05, 0.1) is 27.5 Å². The SMILES string of the molecule is N#Cc1cc(N)ccc1Nc1ccc(Cl)c2cccnc12. The van der Waals surface area contributed by atoms with E-state index in [2.05, 4.69) is 16.4 Å². The summed E-state index contributed by atoms with van der Waals surface area (Å²) in [6.45, 7) is 0. The molecule has 0 bridgehead atoms. The largest absolute Gasteiger partial charge is 0.399 e. The van der Waals surface area contributed by atoms with E-state index in [1.807, 2.05) is 18.2 Å². The Balaban J connectivity index is 2.11. The second-order valence-corrected chi connectivity index (χ2v) is 4.94. The molecule has 102 valence electrons. The number of hydrogen-bond acceptors (Lipinski definition) is 4. The summed E-state index contributed by atoms with van der Waals surface area (Å²) in [6, 6.07) is 14.7. The standard InChI is InChI=1S/C16H11ClN4/c17-13-4-6-15(16-12(13)2-1-7-20-16)21-14-5-3-11(19)8-10(14)9-18/h1-8,21H,19H2. The molecular formula is C16H11ClN4. The molecule has 0 atom stereocenters. The number of nitrogens with two attached hydrogens (primary N) is 1. The number of nitrogen functional groups attached to an aromatic ring is 1. The van der Waals surface area contributed by atoms with Crippen LogP contribution in [0.3, 0.4) is 0 Å². The second-order valence-electron chi connectivity index (χ2n) is 4.54. The Kier molecular flexibility index (Phi) is 3.35. The molecule has 0 radical (unpaired) electrons. The van der Waals surface area contributed by atoms with Gasteiger partial charge < -0.3 is 11.1 Å². The monoisotopic (exact) mass is 294 g/mol. The highest BCUT2D eigenvalue weighted by atomic mass is 35.5. The lowest BCUT2D eigenvalue weighted by molar-refractivity contribution is 1.40. The van der Waals surface area contributed by atoms with E-state index in [0.29, 0.717) is 22.0 Å². The zero-order chi connectivity index (χ0) is 14.8. The molecule has 0 saturated heterocycles. The fraction of sp³-hybridized carbons (Fsp3) is 0. The number of halogens is 1. The van der Waals surface area contributed by atoms with E-state index < -0.39 is 0 Å². The molecule has 1 aromatic heterocycles. The molecular weight excluding hydrogens is 284 g/mol. The first-order valence-corrected chi connectivity index (χ1v) is 6.67. The highest BCUT2D eigenvalue weighted by Gasteiger charge is 2.08. The maximum absolute atomic E-state index is 9.20. The van der Waals surface area contributed by atoms with Crippen LogP contribution in [-0.4, -0.2) is 4.98 Å². The highest BCUT2D eigenvalue weighted by Crippen LogP contribution is 2.31. The Labute approximate surface area is 126 Å². The minimum absolute atomic E-state index is 0.481. The molecule has 0 amide bonds. The highest BCUT2D eigenvalue weighted by molar-refractivity contribution is 6.35. The number of aromatic nitrogens is 1. The zero-order valence-electron chi connectivity index (χ0n) is 11.0. The van der Waals surface area contributed by atoms with Crippen LogP contribution in [0.25, 0.3) is 10.9 Å². The molecule has 1 heterocycles. The summed E-state index contributed by atoms with van der Waals surface area (Å²) in [6.07, 6.45) is 1.71. The van der Waals surface area contributed by atoms with Gasteiger partial charge in [-0.2, -0.15) is 5.26 Å². The van der Waals surface area contributed by atoms with Crippen LogP contribution in [0.5, 0.6) is 0 Å². The quantitative estimate of drug-likeness (QED) is 0.698. The molecule has 0 aliphatic heterocycles. The first-order valence-electron chi connectivity index (χ1n) is 6.29. The van der Waals surface area contributed by atoms with Crippen molar-refractivity contribution in [3.8, 4) is 6.07 Å². The van der Waals surface area contributed by atoms with Crippen LogP contribution in [0.15, 0.2) is 48.7 Å². The molecule has 0 saturated carbocycles. The van der Waals surface area contributed by atoms with Crippen LogP contribution >= 0.6 is 11.6 Å². The first-order chi connectivity index (χ1) is 10.2. The predicted octanol–water partition coefficient (Wildman–Crippen LogP) is 4.09. The zero-order valence-corrected chi connectivity index (χ0v) is 11.7. The summed E-state index contributed by atoms with van der Waals surface area (Å²) < 4.78 is 0. The molecule has 5 heteroatoms. The van der Waals surface area contributed by atoms with E-state index in [-0.39, 0.29) is 0 Å². The molecule has 3 N–H and O–H groups in total. The second kappa shape index (κ2) is 5.31. The Morgan fingerprint density at radius 1 is 1.14 bits per heavy atom. The Morgan fingerprint density at radius 2 is 1.95 bits per heavy atom. The molecule has 3 aromatic rings. The van der Waals surface area contributed by atoms with Gasteiger partial charge in [-0.1, -0.05) is 11.6 Å². The molecule has 0 aliphatic rings. The summed E-state index contributed by atoms with van der Waals surface area (Å²) in [5, 5.41) is 13.9. The third kappa shape index (κ3) is 2.47. The third-order valence-corrected chi connectivity index (χ3v) is 3.48. The number of fused-ring (bicyclic) bond motifs is 1. The number of nitriles is 1. The summed E-state index contributed by atoms with van der Waals surface area (Å²) >= 11 is 6.17. The molecule has 0 unspecified atom stereocenters. The van der Waals surface area contributed by atoms with Crippen molar-refractivity contribution in [1.29, 1.82) is 5.26 Å². The van der Waals surface area contributed by atoms with Gasteiger partial charge in [0.2, 0.25) is 0 Å². The lowest BCUT2D eigenvalue weighted by Gasteiger charge is -2.11. The van der Waals surface area contributed by atoms with Crippen LogP contribution < -0.4 is 11.1 Å². The number of nitrogens with one attached hydrogen (secondary N) is 1. The van der Waals surface area contributed by atoms with Crippen LogP contribution in [0.1, 0.15) is 5.56 Å². The van der Waals surface area contributed by atoms with Gasteiger partial charge in [0.15, 0.2) is 0 Å². The van der Waals surface area contributed by atoms with Gasteiger partial charge in [-0.3, -0.25) is 4.98 Å². The van der Waals surface area contributed by atoms with E-state index in [0.717, 1.165) is 16.6 Å². The average molecular weight is 295 g/mol. The summed E-state index contributed by atoms with van der Waals surface area (Å²) in [5.41, 5.74) is 8.96. The lowest BCUT2D eigenvalue weighted by Crippen LogP contribution is -1.97. The number of nitrogens with zero attached hydrogens (tertiary/aromatic N) is 2. The Bertz CT molecular complexity index is 868. The van der Waals surface area contributed by atoms with Gasteiger partial charge in [-0.15, -0.1) is 0 Å². The van der Waals surface area contributed by atoms with Crippen LogP contribution in [0.4, 0.5) is 17.1 Å². The normalized spacial score (nSPS) is 10.3. The summed E-state index contributed by atoms with van der Waals surface area (Å²) in [4.78, 5) is 4.36. The van der Waals surface area contributed by atoms with Crippen molar-refractivity contribution in [3.63, 3.8) is 0 Å². The van der Waals surface area contributed by atoms with Crippen molar-refractivity contribution in [2.45, 2.75) is 0 Å². The molecule has 4 nitrogen and oxygen atoms in total. The fourth-order valence-corrected chi connectivity index (χ4v) is 2.36. The van der Waals surface area contributed by atoms with Crippen molar-refractivity contribution in [2.75, 3.05) is 11.1 Å². The molecule has 2 aromatic carbocycles. The van der Waals surface area contributed by atoms with E-state index in [4.69, 9.17) is 17.3 Å². The van der Waals surface area contributed by atoms with Crippen molar-refractivity contribution in [3.05, 3.63) is 59.2 Å². The molecule has 21 heavy (non-hydrogen) atoms. The van der Waals surface area contributed by atoms with Gasteiger partial charge in [-0.05, 0) is 42.5 Å². The lowest BCUT2D eigenvalue weighted by atomic mass is 10.1. The molecule has 3 rings (SSSR count). The number of benzene rings is 2. The van der Waals surface area contributed by atoms with E-state index in [1.54, 1.807) is 30.5 Å². The van der Waals surface area contributed by atoms with E-state index >= 15 is 0 Å². The first kappa shape index (κ1) is 13.2. The van der Waals surface area contributed by atoms with Gasteiger partial charge >= 0.3 is 0 Å². The van der Waals surface area contributed by atoms with E-state index in [1.165, 1.54) is 0 Å². The number of anilines is 3. The van der Waals surface area contributed by atoms with Gasteiger partial charge in [0.25, 0.3) is 0 Å². The van der Waals surface area contributed by atoms with Crippen molar-refractivity contribution < 1.29 is 0 Å². The summed E-state index contributed by atoms with van der Waals surface area (Å²) in [5.74, 6) is 0. The maximum Gasteiger partial charge on any atom is 0.101 e. The average Bonchev–Trinajstić information content (AvgIpc) is 2.52. The number of hydrogen-bond donors (Lipinski definition) is 2. The van der Waals surface area contributed by atoms with Crippen LogP contribution in [0.2, 0.25) is 5.02 Å². The van der Waals surface area contributed by atoms with Gasteiger partial charge in [-0.25, -0.2) is 0 Å². The minimum atomic E-state index is 0.481. The van der Waals surface area contributed by atoms with E-state index in [9.17, 15) is 5.26 Å². The predicted molar refractivity (Wildman–Crippen MR) is 85.6 cm³/mol. The van der Waals surface area contributed by atoms with Gasteiger partial charge in [0.1, 0.15) is 6.07 Å². The number of rotatable bonds is 2. The number of pyridine rings is 1. The fourth-order valence-electron chi connectivity index (χ4n) is 2.15. The smallest absolute Gasteiger partial charge is 0.101 e. The topological polar surface area (TPSA) is 74.7 Å². The van der Waals surface area contributed by atoms with Crippen molar-refractivity contribution in [2.24, 2.45) is 0 Å². The van der Waals surface area contributed by atoms with Gasteiger partial charge in [0, 0.05) is 17.3 Å². The molecule has 0 fully saturated rings. The van der Waals surface area contributed by atoms with Crippen molar-refractivity contribution in [1.82, 2.24) is 4.98 Å². The minimum Gasteiger partial charge on any atom is -0.399 e. The third-order valence-electron chi connectivity index (χ3n) is 3.15. The Morgan fingerprint density at radius 3 is 2.76 bits per heavy atom. The van der Waals surface area contributed by atoms with Crippen molar-refractivity contribution >= 4 is 39.6 Å². The molecule has 0 aliphatic carbocycles. The van der Waals surface area contributed by atoms with Crippen LogP contribution in [0, 0.1) is 11.3 Å². The summed E-state index contributed by atoms with van der Waals surface area (Å²) in [7, 11) is 0. The maximum atomic E-state index is 9.20.